The fourth-order valence-electron chi connectivity index (χ4n) is 2.44. The lowest BCUT2D eigenvalue weighted by Gasteiger charge is -2.23. The van der Waals surface area contributed by atoms with Crippen LogP contribution in [0.4, 0.5) is 0 Å². The first-order valence-electron chi connectivity index (χ1n) is 6.45. The molecule has 0 unspecified atom stereocenters. The highest BCUT2D eigenvalue weighted by atomic mass is 16.1. The maximum Gasteiger partial charge on any atom is 0.227 e. The van der Waals surface area contributed by atoms with Crippen molar-refractivity contribution in [3.05, 3.63) is 17.5 Å². The fourth-order valence-corrected chi connectivity index (χ4v) is 2.44. The Morgan fingerprint density at radius 2 is 2.61 bits per heavy atom. The molecule has 5 nitrogen and oxygen atoms in total. The summed E-state index contributed by atoms with van der Waals surface area (Å²) in [7, 11) is 0. The standard InChI is InChI=1S/C13H18N4O/c1-2-9(6-7-14)16-13(18)10-4-3-5-12-11(10)8-15-17-12/h8-10H,2-6H2,1H3,(H,15,17)(H,16,18)/t9-,10-/m1/s1. The number of nitrogens with one attached hydrogen (secondary N) is 2. The van der Waals surface area contributed by atoms with Crippen LogP contribution in [-0.4, -0.2) is 22.1 Å². The highest BCUT2D eigenvalue weighted by Crippen LogP contribution is 2.30. The van der Waals surface area contributed by atoms with Gasteiger partial charge in [0.25, 0.3) is 0 Å². The van der Waals surface area contributed by atoms with Crippen LogP contribution in [0.5, 0.6) is 0 Å². The van der Waals surface area contributed by atoms with Crippen molar-refractivity contribution >= 4 is 5.91 Å². The number of fused-ring (bicyclic) bond motifs is 1. The smallest absolute Gasteiger partial charge is 0.227 e. The molecule has 18 heavy (non-hydrogen) atoms. The minimum Gasteiger partial charge on any atom is -0.352 e. The minimum atomic E-state index is -0.111. The summed E-state index contributed by atoms with van der Waals surface area (Å²) in [5.41, 5.74) is 2.10. The van der Waals surface area contributed by atoms with Gasteiger partial charge in [0.05, 0.1) is 24.6 Å². The second kappa shape index (κ2) is 5.67. The van der Waals surface area contributed by atoms with Crippen LogP contribution in [0.2, 0.25) is 0 Å². The molecule has 5 heteroatoms. The summed E-state index contributed by atoms with van der Waals surface area (Å²) in [6.45, 7) is 1.98. The Bertz CT molecular complexity index is 460. The summed E-state index contributed by atoms with van der Waals surface area (Å²) in [6.07, 6.45) is 5.74. The number of rotatable bonds is 4. The van der Waals surface area contributed by atoms with Crippen molar-refractivity contribution < 1.29 is 4.79 Å². The third kappa shape index (κ3) is 2.53. The molecule has 0 fully saturated rings. The molecule has 0 saturated heterocycles. The van der Waals surface area contributed by atoms with Gasteiger partial charge in [0, 0.05) is 17.3 Å². The van der Waals surface area contributed by atoms with Crippen LogP contribution in [-0.2, 0) is 11.2 Å². The molecule has 0 aromatic carbocycles. The van der Waals surface area contributed by atoms with E-state index < -0.39 is 0 Å². The molecule has 1 aliphatic rings. The van der Waals surface area contributed by atoms with Gasteiger partial charge in [0.2, 0.25) is 5.91 Å². The molecule has 2 N–H and O–H groups in total. The fraction of sp³-hybridized carbons (Fsp3) is 0.615. The molecular formula is C13H18N4O. The van der Waals surface area contributed by atoms with E-state index in [1.807, 2.05) is 6.92 Å². The molecule has 96 valence electrons. The third-order valence-corrected chi connectivity index (χ3v) is 3.54. The first-order valence-corrected chi connectivity index (χ1v) is 6.45. The second-order valence-corrected chi connectivity index (χ2v) is 4.72. The average molecular weight is 246 g/mol. The van der Waals surface area contributed by atoms with E-state index in [-0.39, 0.29) is 17.9 Å². The number of aryl methyl sites for hydroxylation is 1. The molecule has 0 aliphatic heterocycles. The van der Waals surface area contributed by atoms with E-state index in [9.17, 15) is 4.79 Å². The molecule has 0 bridgehead atoms. The van der Waals surface area contributed by atoms with Gasteiger partial charge in [-0.05, 0) is 25.7 Å². The largest absolute Gasteiger partial charge is 0.352 e. The Morgan fingerprint density at radius 3 is 3.33 bits per heavy atom. The summed E-state index contributed by atoms with van der Waals surface area (Å²) < 4.78 is 0. The monoisotopic (exact) mass is 246 g/mol. The quantitative estimate of drug-likeness (QED) is 0.847. The molecular weight excluding hydrogens is 228 g/mol. The Kier molecular flexibility index (Phi) is 3.98. The number of hydrogen-bond donors (Lipinski definition) is 2. The lowest BCUT2D eigenvalue weighted by Crippen LogP contribution is -2.38. The summed E-state index contributed by atoms with van der Waals surface area (Å²) in [5, 5.41) is 18.6. The van der Waals surface area contributed by atoms with Crippen molar-refractivity contribution in [1.82, 2.24) is 15.5 Å². The number of nitrogens with zero attached hydrogens (tertiary/aromatic N) is 2. The van der Waals surface area contributed by atoms with Crippen molar-refractivity contribution in [3.63, 3.8) is 0 Å². The normalized spacial score (nSPS) is 19.7. The average Bonchev–Trinajstić information content (AvgIpc) is 2.85. The second-order valence-electron chi connectivity index (χ2n) is 4.72. The molecule has 1 aromatic heterocycles. The van der Waals surface area contributed by atoms with E-state index in [0.717, 1.165) is 36.9 Å². The van der Waals surface area contributed by atoms with Gasteiger partial charge >= 0.3 is 0 Å². The SMILES string of the molecule is CC[C@H](CC#N)NC(=O)[C@@H]1CCCc2[nH]ncc21. The predicted molar refractivity (Wildman–Crippen MR) is 66.7 cm³/mol. The van der Waals surface area contributed by atoms with Gasteiger partial charge in [0.15, 0.2) is 0 Å². The molecule has 1 heterocycles. The number of carbonyl (C=O) groups excluding carboxylic acids is 1. The molecule has 0 saturated carbocycles. The highest BCUT2D eigenvalue weighted by Gasteiger charge is 2.28. The predicted octanol–water partition coefficient (Wildman–Crippen LogP) is 1.64. The van der Waals surface area contributed by atoms with Crippen molar-refractivity contribution in [3.8, 4) is 6.07 Å². The van der Waals surface area contributed by atoms with Gasteiger partial charge in [-0.2, -0.15) is 10.4 Å². The maximum atomic E-state index is 12.2. The molecule has 1 aromatic rings. The summed E-state index contributed by atoms with van der Waals surface area (Å²) in [4.78, 5) is 12.2. The first-order chi connectivity index (χ1) is 8.76. The van der Waals surface area contributed by atoms with E-state index in [2.05, 4.69) is 21.6 Å². The Balaban J connectivity index is 2.05. The van der Waals surface area contributed by atoms with Gasteiger partial charge in [-0.25, -0.2) is 0 Å². The van der Waals surface area contributed by atoms with Gasteiger partial charge in [-0.1, -0.05) is 6.92 Å². The van der Waals surface area contributed by atoms with Crippen LogP contribution in [0, 0.1) is 11.3 Å². The number of aromatic amines is 1. The number of H-pyrrole nitrogens is 1. The molecule has 0 spiro atoms. The molecule has 0 radical (unpaired) electrons. The van der Waals surface area contributed by atoms with Crippen LogP contribution >= 0.6 is 0 Å². The zero-order chi connectivity index (χ0) is 13.0. The van der Waals surface area contributed by atoms with Crippen LogP contribution in [0.15, 0.2) is 6.20 Å². The summed E-state index contributed by atoms with van der Waals surface area (Å²) in [6, 6.07) is 2.07. The van der Waals surface area contributed by atoms with E-state index in [1.165, 1.54) is 0 Å². The lowest BCUT2D eigenvalue weighted by atomic mass is 9.86. The van der Waals surface area contributed by atoms with Gasteiger partial charge < -0.3 is 5.32 Å². The molecule has 2 rings (SSSR count). The minimum absolute atomic E-state index is 0.0273. The zero-order valence-electron chi connectivity index (χ0n) is 10.6. The Hall–Kier alpha value is -1.83. The Labute approximate surface area is 107 Å². The number of aromatic nitrogens is 2. The van der Waals surface area contributed by atoms with Crippen LogP contribution in [0.1, 0.15) is 49.8 Å². The van der Waals surface area contributed by atoms with Gasteiger partial charge in [0.1, 0.15) is 0 Å². The van der Waals surface area contributed by atoms with Gasteiger partial charge in [-0.3, -0.25) is 9.89 Å². The molecule has 1 aliphatic carbocycles. The zero-order valence-corrected chi connectivity index (χ0v) is 10.6. The highest BCUT2D eigenvalue weighted by molar-refractivity contribution is 5.84. The van der Waals surface area contributed by atoms with E-state index in [4.69, 9.17) is 5.26 Å². The summed E-state index contributed by atoms with van der Waals surface area (Å²) >= 11 is 0. The van der Waals surface area contributed by atoms with Crippen LogP contribution in [0.3, 0.4) is 0 Å². The Morgan fingerprint density at radius 1 is 1.78 bits per heavy atom. The molecule has 2 atom stereocenters. The first kappa shape index (κ1) is 12.6. The number of amides is 1. The number of nitriles is 1. The van der Waals surface area contributed by atoms with Crippen molar-refractivity contribution in [2.45, 2.75) is 51.0 Å². The number of carbonyl (C=O) groups is 1. The topological polar surface area (TPSA) is 81.6 Å². The van der Waals surface area contributed by atoms with Gasteiger partial charge in [-0.15, -0.1) is 0 Å². The third-order valence-electron chi connectivity index (χ3n) is 3.54. The van der Waals surface area contributed by atoms with Crippen molar-refractivity contribution in [2.24, 2.45) is 0 Å². The van der Waals surface area contributed by atoms with Crippen LogP contribution < -0.4 is 5.32 Å². The molecule has 1 amide bonds. The van der Waals surface area contributed by atoms with E-state index in [1.54, 1.807) is 6.20 Å². The van der Waals surface area contributed by atoms with Crippen molar-refractivity contribution in [2.75, 3.05) is 0 Å². The van der Waals surface area contributed by atoms with Crippen molar-refractivity contribution in [1.29, 1.82) is 5.26 Å². The van der Waals surface area contributed by atoms with Crippen LogP contribution in [0.25, 0.3) is 0 Å². The number of hydrogen-bond acceptors (Lipinski definition) is 3. The van der Waals surface area contributed by atoms with E-state index >= 15 is 0 Å². The maximum absolute atomic E-state index is 12.2. The summed E-state index contributed by atoms with van der Waals surface area (Å²) in [5.74, 6) is -0.0836. The van der Waals surface area contributed by atoms with E-state index in [0.29, 0.717) is 6.42 Å². The lowest BCUT2D eigenvalue weighted by molar-refractivity contribution is -0.123.